The van der Waals surface area contributed by atoms with Gasteiger partial charge < -0.3 is 4.74 Å². The quantitative estimate of drug-likeness (QED) is 0.721. The number of halogens is 2. The second kappa shape index (κ2) is 4.84. The minimum atomic E-state index is -0.790. The van der Waals surface area contributed by atoms with Crippen LogP contribution in [-0.2, 0) is 9.53 Å². The zero-order valence-corrected chi connectivity index (χ0v) is 8.46. The Balaban J connectivity index is 3.15. The number of carbonyl (C=O) groups excluding carboxylic acids is 1. The van der Waals surface area contributed by atoms with E-state index in [9.17, 15) is 13.6 Å². The van der Waals surface area contributed by atoms with Gasteiger partial charge in [0.15, 0.2) is 0 Å². The molecule has 0 aliphatic heterocycles. The molecule has 1 aromatic carbocycles. The number of nitrogens with zero attached hydrogens (tertiary/aromatic N) is 1. The third-order valence-electron chi connectivity index (χ3n) is 1.85. The van der Waals surface area contributed by atoms with Crippen molar-refractivity contribution in [3.63, 3.8) is 0 Å². The molecule has 0 N–H and O–H groups in total. The van der Waals surface area contributed by atoms with Crippen LogP contribution < -0.4 is 4.90 Å². The van der Waals surface area contributed by atoms with Crippen LogP contribution in [0.5, 0.6) is 0 Å². The van der Waals surface area contributed by atoms with Crippen molar-refractivity contribution >= 4 is 11.6 Å². The summed E-state index contributed by atoms with van der Waals surface area (Å²) in [5, 5.41) is 0. The standard InChI is InChI=1S/C10H11F2NO2/c1-7(14)13(6-15-2)10-8(11)4-3-5-9(10)12/h3-5H,6H2,1-2H3. The molecule has 0 atom stereocenters. The van der Waals surface area contributed by atoms with Gasteiger partial charge >= 0.3 is 0 Å². The van der Waals surface area contributed by atoms with E-state index in [1.165, 1.54) is 20.1 Å². The zero-order chi connectivity index (χ0) is 11.4. The molecule has 5 heteroatoms. The molecule has 1 rings (SSSR count). The van der Waals surface area contributed by atoms with Gasteiger partial charge in [-0.05, 0) is 12.1 Å². The van der Waals surface area contributed by atoms with Crippen molar-refractivity contribution < 1.29 is 18.3 Å². The first-order chi connectivity index (χ1) is 7.07. The van der Waals surface area contributed by atoms with Crippen molar-refractivity contribution in [2.45, 2.75) is 6.92 Å². The lowest BCUT2D eigenvalue weighted by Crippen LogP contribution is -2.32. The summed E-state index contributed by atoms with van der Waals surface area (Å²) in [7, 11) is 1.34. The highest BCUT2D eigenvalue weighted by Gasteiger charge is 2.19. The van der Waals surface area contributed by atoms with Crippen molar-refractivity contribution in [2.24, 2.45) is 0 Å². The van der Waals surface area contributed by atoms with E-state index in [4.69, 9.17) is 4.74 Å². The van der Waals surface area contributed by atoms with Crippen LogP contribution in [0.1, 0.15) is 6.92 Å². The summed E-state index contributed by atoms with van der Waals surface area (Å²) in [6, 6.07) is 3.41. The van der Waals surface area contributed by atoms with Gasteiger partial charge in [-0.25, -0.2) is 8.78 Å². The Hall–Kier alpha value is -1.49. The highest BCUT2D eigenvalue weighted by atomic mass is 19.1. The summed E-state index contributed by atoms with van der Waals surface area (Å²) in [5.41, 5.74) is -0.383. The van der Waals surface area contributed by atoms with Gasteiger partial charge in [0, 0.05) is 14.0 Å². The first-order valence-electron chi connectivity index (χ1n) is 4.29. The number of rotatable bonds is 3. The van der Waals surface area contributed by atoms with Crippen molar-refractivity contribution in [3.8, 4) is 0 Å². The molecule has 0 aromatic heterocycles. The maximum atomic E-state index is 13.3. The van der Waals surface area contributed by atoms with E-state index in [2.05, 4.69) is 0 Å². The fourth-order valence-corrected chi connectivity index (χ4v) is 1.19. The Kier molecular flexibility index (Phi) is 3.74. The minimum absolute atomic E-state index is 0.187. The fourth-order valence-electron chi connectivity index (χ4n) is 1.19. The van der Waals surface area contributed by atoms with Crippen LogP contribution in [0.15, 0.2) is 18.2 Å². The molecule has 0 saturated heterocycles. The second-order valence-corrected chi connectivity index (χ2v) is 2.94. The molecule has 3 nitrogen and oxygen atoms in total. The number of methoxy groups -OCH3 is 1. The van der Waals surface area contributed by atoms with Crippen molar-refractivity contribution in [1.82, 2.24) is 0 Å². The molecule has 1 amide bonds. The number of para-hydroxylation sites is 1. The number of carbonyl (C=O) groups is 1. The number of anilines is 1. The van der Waals surface area contributed by atoms with E-state index >= 15 is 0 Å². The van der Waals surface area contributed by atoms with E-state index in [-0.39, 0.29) is 12.4 Å². The first-order valence-corrected chi connectivity index (χ1v) is 4.29. The monoisotopic (exact) mass is 215 g/mol. The van der Waals surface area contributed by atoms with Crippen LogP contribution in [0, 0.1) is 11.6 Å². The summed E-state index contributed by atoms with van der Waals surface area (Å²) in [6.07, 6.45) is 0. The molecule has 82 valence electrons. The molecule has 0 radical (unpaired) electrons. The predicted octanol–water partition coefficient (Wildman–Crippen LogP) is 1.92. The Morgan fingerprint density at radius 1 is 1.40 bits per heavy atom. The normalized spacial score (nSPS) is 10.1. The first kappa shape index (κ1) is 11.6. The van der Waals surface area contributed by atoms with Gasteiger partial charge in [0.1, 0.15) is 24.1 Å². The molecular weight excluding hydrogens is 204 g/mol. The summed E-state index contributed by atoms with van der Waals surface area (Å²) in [4.78, 5) is 12.0. The molecule has 0 bridgehead atoms. The van der Waals surface area contributed by atoms with Gasteiger partial charge in [0.2, 0.25) is 5.91 Å². The predicted molar refractivity (Wildman–Crippen MR) is 51.4 cm³/mol. The smallest absolute Gasteiger partial charge is 0.225 e. The number of benzene rings is 1. The molecule has 0 aliphatic carbocycles. The van der Waals surface area contributed by atoms with Crippen LogP contribution in [0.2, 0.25) is 0 Å². The molecule has 0 unspecified atom stereocenters. The van der Waals surface area contributed by atoms with Crippen LogP contribution in [0.4, 0.5) is 14.5 Å². The van der Waals surface area contributed by atoms with E-state index in [1.54, 1.807) is 0 Å². The largest absolute Gasteiger partial charge is 0.364 e. The minimum Gasteiger partial charge on any atom is -0.364 e. The topological polar surface area (TPSA) is 29.5 Å². The highest BCUT2D eigenvalue weighted by molar-refractivity contribution is 5.91. The van der Waals surface area contributed by atoms with Crippen LogP contribution in [-0.4, -0.2) is 19.7 Å². The lowest BCUT2D eigenvalue weighted by molar-refractivity contribution is -0.117. The molecule has 0 spiro atoms. The SMILES string of the molecule is COCN(C(C)=O)c1c(F)cccc1F. The third-order valence-corrected chi connectivity index (χ3v) is 1.85. The van der Waals surface area contributed by atoms with Crippen molar-refractivity contribution in [3.05, 3.63) is 29.8 Å². The second-order valence-electron chi connectivity index (χ2n) is 2.94. The van der Waals surface area contributed by atoms with E-state index in [1.807, 2.05) is 0 Å². The molecule has 0 aliphatic rings. The van der Waals surface area contributed by atoms with E-state index in [0.717, 1.165) is 17.0 Å². The molecule has 0 fully saturated rings. The van der Waals surface area contributed by atoms with Crippen molar-refractivity contribution in [1.29, 1.82) is 0 Å². The van der Waals surface area contributed by atoms with Gasteiger partial charge in [-0.15, -0.1) is 0 Å². The Bertz CT molecular complexity index is 348. The van der Waals surface area contributed by atoms with Gasteiger partial charge in [0.25, 0.3) is 0 Å². The average molecular weight is 215 g/mol. The zero-order valence-electron chi connectivity index (χ0n) is 8.46. The lowest BCUT2D eigenvalue weighted by atomic mass is 10.2. The molecular formula is C10H11F2NO2. The number of hydrogen-bond donors (Lipinski definition) is 0. The van der Waals surface area contributed by atoms with Crippen LogP contribution in [0.3, 0.4) is 0 Å². The van der Waals surface area contributed by atoms with Gasteiger partial charge in [0.05, 0.1) is 0 Å². The highest BCUT2D eigenvalue weighted by Crippen LogP contribution is 2.23. The Morgan fingerprint density at radius 2 is 1.93 bits per heavy atom. The van der Waals surface area contributed by atoms with Gasteiger partial charge in [-0.2, -0.15) is 0 Å². The third kappa shape index (κ3) is 2.50. The number of amides is 1. The Morgan fingerprint density at radius 3 is 2.33 bits per heavy atom. The van der Waals surface area contributed by atoms with Crippen LogP contribution >= 0.6 is 0 Å². The molecule has 0 saturated carbocycles. The molecule has 0 heterocycles. The maximum Gasteiger partial charge on any atom is 0.225 e. The summed E-state index contributed by atoms with van der Waals surface area (Å²) in [6.45, 7) is 1.03. The van der Waals surface area contributed by atoms with E-state index in [0.29, 0.717) is 0 Å². The number of ether oxygens (including phenoxy) is 1. The summed E-state index contributed by atoms with van der Waals surface area (Å²) < 4.78 is 31.3. The molecule has 1 aromatic rings. The lowest BCUT2D eigenvalue weighted by Gasteiger charge is -2.20. The molecule has 15 heavy (non-hydrogen) atoms. The Labute approximate surface area is 86.3 Å². The summed E-state index contributed by atoms with van der Waals surface area (Å²) in [5.74, 6) is -2.06. The van der Waals surface area contributed by atoms with E-state index < -0.39 is 17.5 Å². The number of hydrogen-bond acceptors (Lipinski definition) is 2. The fraction of sp³-hybridized carbons (Fsp3) is 0.300. The maximum absolute atomic E-state index is 13.3. The van der Waals surface area contributed by atoms with Gasteiger partial charge in [-0.1, -0.05) is 6.07 Å². The summed E-state index contributed by atoms with van der Waals surface area (Å²) >= 11 is 0. The average Bonchev–Trinajstić information content (AvgIpc) is 2.15. The van der Waals surface area contributed by atoms with Crippen molar-refractivity contribution in [2.75, 3.05) is 18.7 Å². The van der Waals surface area contributed by atoms with Gasteiger partial charge in [-0.3, -0.25) is 9.69 Å². The van der Waals surface area contributed by atoms with Crippen LogP contribution in [0.25, 0.3) is 0 Å².